The molecule has 2 heterocycles. The smallest absolute Gasteiger partial charge is 0.327 e. The van der Waals surface area contributed by atoms with Crippen molar-refractivity contribution < 1.29 is 14.4 Å². The number of rotatable bonds is 3. The third kappa shape index (κ3) is 3.09. The average molecular weight is 374 g/mol. The average Bonchev–Trinajstić information content (AvgIpc) is 2.98. The van der Waals surface area contributed by atoms with Crippen molar-refractivity contribution in [2.24, 2.45) is 0 Å². The quantitative estimate of drug-likeness (QED) is 0.768. The van der Waals surface area contributed by atoms with Crippen molar-refractivity contribution in [3.63, 3.8) is 0 Å². The molecule has 0 bridgehead atoms. The normalized spacial score (nSPS) is 18.8. The van der Waals surface area contributed by atoms with Gasteiger partial charge in [0.1, 0.15) is 6.04 Å². The molecule has 140 valence electrons. The second-order valence-electron chi connectivity index (χ2n) is 6.84. The standard InChI is InChI=1S/C21H18N4O3/c22-12-15-6-8-17(9-7-15)19(26)23-10-11-24-18(14-23)20(27)25(21(24)28)13-16-4-2-1-3-5-16/h1-9,18H,10-11,13-14H2/t18-/m1/s1. The molecule has 0 saturated carbocycles. The van der Waals surface area contributed by atoms with Crippen LogP contribution < -0.4 is 0 Å². The summed E-state index contributed by atoms with van der Waals surface area (Å²) < 4.78 is 0. The van der Waals surface area contributed by atoms with Gasteiger partial charge in [0.25, 0.3) is 11.8 Å². The fraction of sp³-hybridized carbons (Fsp3) is 0.238. The monoisotopic (exact) mass is 374 g/mol. The Balaban J connectivity index is 1.48. The molecule has 2 aliphatic rings. The highest BCUT2D eigenvalue weighted by molar-refractivity contribution is 6.05. The van der Waals surface area contributed by atoms with Gasteiger partial charge in [-0.15, -0.1) is 0 Å². The molecule has 0 aromatic heterocycles. The second-order valence-corrected chi connectivity index (χ2v) is 6.84. The largest absolute Gasteiger partial charge is 0.334 e. The van der Waals surface area contributed by atoms with E-state index in [-0.39, 0.29) is 30.9 Å². The first-order valence-electron chi connectivity index (χ1n) is 9.04. The fourth-order valence-electron chi connectivity index (χ4n) is 3.62. The Bertz CT molecular complexity index is 965. The van der Waals surface area contributed by atoms with E-state index in [9.17, 15) is 14.4 Å². The van der Waals surface area contributed by atoms with E-state index < -0.39 is 6.04 Å². The van der Waals surface area contributed by atoms with Crippen LogP contribution in [0.3, 0.4) is 0 Å². The van der Waals surface area contributed by atoms with Gasteiger partial charge in [-0.2, -0.15) is 5.26 Å². The SMILES string of the molecule is N#Cc1ccc(C(=O)N2CCN3C(=O)N(Cc4ccccc4)C(=O)[C@H]3C2)cc1. The Hall–Kier alpha value is -3.66. The summed E-state index contributed by atoms with van der Waals surface area (Å²) in [5.74, 6) is -0.475. The van der Waals surface area contributed by atoms with E-state index in [0.29, 0.717) is 24.2 Å². The van der Waals surface area contributed by atoms with Crippen LogP contribution >= 0.6 is 0 Å². The van der Waals surface area contributed by atoms with Crippen LogP contribution in [0.1, 0.15) is 21.5 Å². The van der Waals surface area contributed by atoms with Gasteiger partial charge in [0.2, 0.25) is 0 Å². The predicted octanol–water partition coefficient (Wildman–Crippen LogP) is 1.85. The minimum absolute atomic E-state index is 0.175. The molecule has 0 unspecified atom stereocenters. The maximum atomic E-state index is 12.8. The van der Waals surface area contributed by atoms with E-state index >= 15 is 0 Å². The van der Waals surface area contributed by atoms with Crippen LogP contribution in [0.5, 0.6) is 0 Å². The molecular formula is C21H18N4O3. The lowest BCUT2D eigenvalue weighted by Crippen LogP contribution is -2.54. The number of nitriles is 1. The molecule has 4 rings (SSSR count). The summed E-state index contributed by atoms with van der Waals surface area (Å²) in [4.78, 5) is 42.7. The first kappa shape index (κ1) is 17.7. The number of carbonyl (C=O) groups excluding carboxylic acids is 3. The molecular weight excluding hydrogens is 356 g/mol. The Kier molecular flexibility index (Phi) is 4.53. The zero-order chi connectivity index (χ0) is 19.7. The molecule has 28 heavy (non-hydrogen) atoms. The number of benzene rings is 2. The maximum Gasteiger partial charge on any atom is 0.327 e. The lowest BCUT2D eigenvalue weighted by atomic mass is 10.1. The molecule has 1 atom stereocenters. The molecule has 0 aliphatic carbocycles. The van der Waals surface area contributed by atoms with E-state index in [4.69, 9.17) is 5.26 Å². The summed E-state index contributed by atoms with van der Waals surface area (Å²) in [6.07, 6.45) is 0. The minimum Gasteiger partial charge on any atom is -0.334 e. The molecule has 0 radical (unpaired) electrons. The Morgan fingerprint density at radius 3 is 2.43 bits per heavy atom. The summed E-state index contributed by atoms with van der Waals surface area (Å²) in [7, 11) is 0. The van der Waals surface area contributed by atoms with Crippen LogP contribution in [-0.2, 0) is 11.3 Å². The maximum absolute atomic E-state index is 12.8. The van der Waals surface area contributed by atoms with Crippen molar-refractivity contribution >= 4 is 17.8 Å². The summed E-state index contributed by atoms with van der Waals surface area (Å²) in [5.41, 5.74) is 1.83. The fourth-order valence-corrected chi connectivity index (χ4v) is 3.62. The number of piperazine rings is 1. The third-order valence-electron chi connectivity index (χ3n) is 5.14. The Labute approximate surface area is 162 Å². The number of amides is 4. The van der Waals surface area contributed by atoms with Gasteiger partial charge in [0, 0.05) is 18.7 Å². The topological polar surface area (TPSA) is 84.7 Å². The van der Waals surface area contributed by atoms with Gasteiger partial charge in [0.05, 0.1) is 24.7 Å². The lowest BCUT2D eigenvalue weighted by Gasteiger charge is -2.35. The van der Waals surface area contributed by atoms with Crippen molar-refractivity contribution in [3.05, 3.63) is 71.3 Å². The highest BCUT2D eigenvalue weighted by atomic mass is 16.2. The molecule has 4 amide bonds. The summed E-state index contributed by atoms with van der Waals surface area (Å²) in [5, 5.41) is 8.88. The van der Waals surface area contributed by atoms with Crippen molar-refractivity contribution in [3.8, 4) is 6.07 Å². The molecule has 2 saturated heterocycles. The van der Waals surface area contributed by atoms with E-state index in [1.807, 2.05) is 36.4 Å². The van der Waals surface area contributed by atoms with Gasteiger partial charge < -0.3 is 9.80 Å². The van der Waals surface area contributed by atoms with Crippen LogP contribution in [0, 0.1) is 11.3 Å². The van der Waals surface area contributed by atoms with Gasteiger partial charge in [0.15, 0.2) is 0 Å². The van der Waals surface area contributed by atoms with Crippen LogP contribution in [0.2, 0.25) is 0 Å². The molecule has 0 spiro atoms. The summed E-state index contributed by atoms with van der Waals surface area (Å²) in [6, 6.07) is 16.8. The molecule has 2 fully saturated rings. The lowest BCUT2D eigenvalue weighted by molar-refractivity contribution is -0.129. The van der Waals surface area contributed by atoms with E-state index in [2.05, 4.69) is 0 Å². The number of imide groups is 1. The van der Waals surface area contributed by atoms with E-state index in [1.165, 1.54) is 4.90 Å². The summed E-state index contributed by atoms with van der Waals surface area (Å²) in [6.45, 7) is 1.10. The second kappa shape index (κ2) is 7.16. The number of hydrogen-bond acceptors (Lipinski definition) is 4. The van der Waals surface area contributed by atoms with Gasteiger partial charge in [-0.05, 0) is 29.8 Å². The van der Waals surface area contributed by atoms with Crippen molar-refractivity contribution in [2.45, 2.75) is 12.6 Å². The van der Waals surface area contributed by atoms with Crippen LogP contribution in [-0.4, -0.2) is 58.2 Å². The zero-order valence-corrected chi connectivity index (χ0v) is 15.1. The van der Waals surface area contributed by atoms with Gasteiger partial charge >= 0.3 is 6.03 Å². The molecule has 2 aliphatic heterocycles. The predicted molar refractivity (Wildman–Crippen MR) is 99.9 cm³/mol. The van der Waals surface area contributed by atoms with Crippen molar-refractivity contribution in [2.75, 3.05) is 19.6 Å². The van der Waals surface area contributed by atoms with Gasteiger partial charge in [-0.25, -0.2) is 4.79 Å². The van der Waals surface area contributed by atoms with Crippen LogP contribution in [0.15, 0.2) is 54.6 Å². The highest BCUT2D eigenvalue weighted by Gasteiger charge is 2.48. The summed E-state index contributed by atoms with van der Waals surface area (Å²) >= 11 is 0. The number of urea groups is 1. The van der Waals surface area contributed by atoms with Gasteiger partial charge in [-0.3, -0.25) is 14.5 Å². The van der Waals surface area contributed by atoms with E-state index in [1.54, 1.807) is 34.1 Å². The number of fused-ring (bicyclic) bond motifs is 1. The van der Waals surface area contributed by atoms with Gasteiger partial charge in [-0.1, -0.05) is 30.3 Å². The molecule has 7 nitrogen and oxygen atoms in total. The van der Waals surface area contributed by atoms with Crippen LogP contribution in [0.4, 0.5) is 4.79 Å². The molecule has 2 aromatic rings. The highest BCUT2D eigenvalue weighted by Crippen LogP contribution is 2.24. The van der Waals surface area contributed by atoms with Crippen molar-refractivity contribution in [1.82, 2.24) is 14.7 Å². The molecule has 7 heteroatoms. The Morgan fingerprint density at radius 1 is 1.04 bits per heavy atom. The number of nitrogens with zero attached hydrogens (tertiary/aromatic N) is 4. The third-order valence-corrected chi connectivity index (χ3v) is 5.14. The van der Waals surface area contributed by atoms with E-state index in [0.717, 1.165) is 5.56 Å². The van der Waals surface area contributed by atoms with Crippen LogP contribution in [0.25, 0.3) is 0 Å². The minimum atomic E-state index is -0.646. The number of hydrogen-bond donors (Lipinski definition) is 0. The first-order valence-corrected chi connectivity index (χ1v) is 9.04. The van der Waals surface area contributed by atoms with Crippen molar-refractivity contribution in [1.29, 1.82) is 5.26 Å². The number of carbonyl (C=O) groups is 3. The zero-order valence-electron chi connectivity index (χ0n) is 15.1. The molecule has 0 N–H and O–H groups in total. The Morgan fingerprint density at radius 2 is 1.75 bits per heavy atom. The molecule has 2 aromatic carbocycles. The first-order chi connectivity index (χ1) is 13.6.